The number of aromatic amines is 1. The van der Waals surface area contributed by atoms with Crippen molar-refractivity contribution in [2.45, 2.75) is 40.7 Å². The molecule has 0 amide bonds. The quantitative estimate of drug-likeness (QED) is 0.800. The molecule has 1 aromatic heterocycles. The van der Waals surface area contributed by atoms with E-state index < -0.39 is 5.97 Å². The first kappa shape index (κ1) is 13.8. The Balaban J connectivity index is 3.06. The maximum absolute atomic E-state index is 11.1. The van der Waals surface area contributed by atoms with Gasteiger partial charge in [0.2, 0.25) is 0 Å². The Kier molecular flexibility index (Phi) is 4.75. The molecule has 0 fully saturated rings. The third-order valence-electron chi connectivity index (χ3n) is 3.31. The molecule has 4 heteroatoms. The summed E-state index contributed by atoms with van der Waals surface area (Å²) < 4.78 is 0. The van der Waals surface area contributed by atoms with Crippen LogP contribution in [0, 0.1) is 6.92 Å². The van der Waals surface area contributed by atoms with Crippen LogP contribution in [0.5, 0.6) is 0 Å². The topological polar surface area (TPSA) is 56.3 Å². The number of nitrogens with zero attached hydrogens (tertiary/aromatic N) is 1. The third-order valence-corrected chi connectivity index (χ3v) is 3.31. The number of aromatic nitrogens is 1. The molecule has 0 aliphatic carbocycles. The summed E-state index contributed by atoms with van der Waals surface area (Å²) in [6.07, 6.45) is 0.867. The molecule has 0 radical (unpaired) electrons. The lowest BCUT2D eigenvalue weighted by molar-refractivity contribution is 0.0690. The lowest BCUT2D eigenvalue weighted by atomic mass is 10.1. The number of carbonyl (C=O) groups is 1. The van der Waals surface area contributed by atoms with Crippen molar-refractivity contribution in [2.75, 3.05) is 13.1 Å². The van der Waals surface area contributed by atoms with E-state index in [1.54, 1.807) is 0 Å². The molecule has 1 aromatic rings. The van der Waals surface area contributed by atoms with E-state index >= 15 is 0 Å². The molecule has 1 rings (SSSR count). The zero-order valence-electron chi connectivity index (χ0n) is 11.1. The monoisotopic (exact) mass is 238 g/mol. The standard InChI is InChI=1S/C13H22N2O2/c1-5-10-9(4)12(13(16)17)14-11(10)8-15(6-2)7-3/h14H,5-8H2,1-4H3,(H,16,17). The molecule has 4 nitrogen and oxygen atoms in total. The van der Waals surface area contributed by atoms with Crippen molar-refractivity contribution < 1.29 is 9.90 Å². The van der Waals surface area contributed by atoms with Crippen molar-refractivity contribution in [2.24, 2.45) is 0 Å². The van der Waals surface area contributed by atoms with Gasteiger partial charge in [-0.25, -0.2) is 4.79 Å². The molecule has 0 unspecified atom stereocenters. The molecular formula is C13H22N2O2. The van der Waals surface area contributed by atoms with Gasteiger partial charge in [0.25, 0.3) is 0 Å². The Morgan fingerprint density at radius 1 is 1.29 bits per heavy atom. The van der Waals surface area contributed by atoms with Crippen molar-refractivity contribution in [1.29, 1.82) is 0 Å². The second-order valence-electron chi connectivity index (χ2n) is 4.20. The van der Waals surface area contributed by atoms with Crippen molar-refractivity contribution in [3.05, 3.63) is 22.5 Å². The van der Waals surface area contributed by atoms with Crippen molar-refractivity contribution in [1.82, 2.24) is 9.88 Å². The van der Waals surface area contributed by atoms with E-state index in [2.05, 4.69) is 30.7 Å². The zero-order valence-corrected chi connectivity index (χ0v) is 11.1. The molecule has 0 saturated heterocycles. The van der Waals surface area contributed by atoms with Gasteiger partial charge in [-0.05, 0) is 37.6 Å². The number of carboxylic acid groups (broad SMARTS) is 1. The summed E-state index contributed by atoms with van der Waals surface area (Å²) in [6.45, 7) is 10.9. The number of nitrogens with one attached hydrogen (secondary N) is 1. The molecule has 0 aliphatic heterocycles. The molecule has 1 heterocycles. The van der Waals surface area contributed by atoms with Crippen LogP contribution in [-0.4, -0.2) is 34.0 Å². The molecule has 0 saturated carbocycles. The van der Waals surface area contributed by atoms with Crippen LogP contribution in [0.1, 0.15) is 48.1 Å². The second-order valence-corrected chi connectivity index (χ2v) is 4.20. The molecule has 0 bridgehead atoms. The van der Waals surface area contributed by atoms with Crippen LogP contribution in [-0.2, 0) is 13.0 Å². The van der Waals surface area contributed by atoms with E-state index in [0.29, 0.717) is 5.69 Å². The smallest absolute Gasteiger partial charge is 0.352 e. The predicted octanol–water partition coefficient (Wildman–Crippen LogP) is 2.43. The van der Waals surface area contributed by atoms with E-state index in [9.17, 15) is 4.79 Å². The summed E-state index contributed by atoms with van der Waals surface area (Å²) in [5, 5.41) is 9.10. The van der Waals surface area contributed by atoms with Gasteiger partial charge >= 0.3 is 5.97 Å². The minimum absolute atomic E-state index is 0.337. The molecule has 0 spiro atoms. The first-order chi connectivity index (χ1) is 8.04. The van der Waals surface area contributed by atoms with E-state index in [1.165, 1.54) is 0 Å². The molecule has 2 N–H and O–H groups in total. The lowest BCUT2D eigenvalue weighted by Gasteiger charge is -2.18. The van der Waals surface area contributed by atoms with Gasteiger partial charge in [0, 0.05) is 12.2 Å². The van der Waals surface area contributed by atoms with Gasteiger partial charge in [0.15, 0.2) is 0 Å². The Labute approximate surface area is 103 Å². The second kappa shape index (κ2) is 5.87. The van der Waals surface area contributed by atoms with Gasteiger partial charge in [-0.2, -0.15) is 0 Å². The van der Waals surface area contributed by atoms with Crippen molar-refractivity contribution in [3.8, 4) is 0 Å². The van der Waals surface area contributed by atoms with Crippen LogP contribution in [0.4, 0.5) is 0 Å². The lowest BCUT2D eigenvalue weighted by Crippen LogP contribution is -2.23. The van der Waals surface area contributed by atoms with Crippen LogP contribution in [0.2, 0.25) is 0 Å². The average Bonchev–Trinajstić information content (AvgIpc) is 2.62. The van der Waals surface area contributed by atoms with Crippen LogP contribution in [0.15, 0.2) is 0 Å². The van der Waals surface area contributed by atoms with E-state index in [1.807, 2.05) is 6.92 Å². The van der Waals surface area contributed by atoms with Gasteiger partial charge in [0.1, 0.15) is 5.69 Å². The first-order valence-electron chi connectivity index (χ1n) is 6.20. The highest BCUT2D eigenvalue weighted by atomic mass is 16.4. The Bertz CT molecular complexity index is 392. The van der Waals surface area contributed by atoms with Gasteiger partial charge in [-0.15, -0.1) is 0 Å². The summed E-state index contributed by atoms with van der Waals surface area (Å²) >= 11 is 0. The third kappa shape index (κ3) is 2.88. The summed E-state index contributed by atoms with van der Waals surface area (Å²) in [6, 6.07) is 0. The van der Waals surface area contributed by atoms with Crippen LogP contribution < -0.4 is 0 Å². The SMILES string of the molecule is CCc1c(CN(CC)CC)[nH]c(C(=O)O)c1C. The Morgan fingerprint density at radius 2 is 1.88 bits per heavy atom. The number of rotatable bonds is 6. The number of hydrogen-bond donors (Lipinski definition) is 2. The maximum Gasteiger partial charge on any atom is 0.352 e. The highest BCUT2D eigenvalue weighted by Crippen LogP contribution is 2.20. The fourth-order valence-electron chi connectivity index (χ4n) is 2.20. The summed E-state index contributed by atoms with van der Waals surface area (Å²) in [7, 11) is 0. The zero-order chi connectivity index (χ0) is 13.0. The fraction of sp³-hybridized carbons (Fsp3) is 0.615. The maximum atomic E-state index is 11.1. The number of carboxylic acids is 1. The summed E-state index contributed by atoms with van der Waals surface area (Å²) in [5.74, 6) is -0.872. The minimum atomic E-state index is -0.872. The van der Waals surface area contributed by atoms with Crippen LogP contribution in [0.25, 0.3) is 0 Å². The molecule has 0 aliphatic rings. The average molecular weight is 238 g/mol. The molecular weight excluding hydrogens is 216 g/mol. The molecule has 96 valence electrons. The first-order valence-corrected chi connectivity index (χ1v) is 6.20. The van der Waals surface area contributed by atoms with Crippen LogP contribution in [0.3, 0.4) is 0 Å². The number of hydrogen-bond acceptors (Lipinski definition) is 2. The summed E-state index contributed by atoms with van der Waals surface area (Å²) in [5.41, 5.74) is 3.41. The molecule has 17 heavy (non-hydrogen) atoms. The van der Waals surface area contributed by atoms with Crippen molar-refractivity contribution in [3.63, 3.8) is 0 Å². The summed E-state index contributed by atoms with van der Waals surface area (Å²) in [4.78, 5) is 16.4. The highest BCUT2D eigenvalue weighted by Gasteiger charge is 2.18. The Morgan fingerprint density at radius 3 is 2.29 bits per heavy atom. The van der Waals surface area contributed by atoms with Crippen molar-refractivity contribution >= 4 is 5.97 Å². The van der Waals surface area contributed by atoms with Crippen LogP contribution >= 0.6 is 0 Å². The predicted molar refractivity (Wildman–Crippen MR) is 68.5 cm³/mol. The Hall–Kier alpha value is -1.29. The largest absolute Gasteiger partial charge is 0.477 e. The fourth-order valence-corrected chi connectivity index (χ4v) is 2.20. The van der Waals surface area contributed by atoms with Gasteiger partial charge in [0.05, 0.1) is 0 Å². The van der Waals surface area contributed by atoms with Gasteiger partial charge in [-0.3, -0.25) is 4.90 Å². The number of H-pyrrole nitrogens is 1. The normalized spacial score (nSPS) is 11.1. The highest BCUT2D eigenvalue weighted by molar-refractivity contribution is 5.88. The molecule has 0 aromatic carbocycles. The van der Waals surface area contributed by atoms with E-state index in [-0.39, 0.29) is 0 Å². The van der Waals surface area contributed by atoms with E-state index in [0.717, 1.165) is 42.9 Å². The minimum Gasteiger partial charge on any atom is -0.477 e. The molecule has 0 atom stereocenters. The van der Waals surface area contributed by atoms with Gasteiger partial charge in [-0.1, -0.05) is 20.8 Å². The van der Waals surface area contributed by atoms with E-state index in [4.69, 9.17) is 5.11 Å². The van der Waals surface area contributed by atoms with Gasteiger partial charge < -0.3 is 10.1 Å². The number of aromatic carboxylic acids is 1.